The first-order chi connectivity index (χ1) is 13.1. The minimum atomic E-state index is -0.441. The van der Waals surface area contributed by atoms with Gasteiger partial charge in [0.2, 0.25) is 0 Å². The fraction of sp³-hybridized carbons (Fsp3) is 0.238. The highest BCUT2D eigenvalue weighted by molar-refractivity contribution is 6.06. The molecular formula is C21H22N2O4. The Balaban J connectivity index is 2.22. The third-order valence-electron chi connectivity index (χ3n) is 4.19. The number of aromatic nitrogens is 1. The van der Waals surface area contributed by atoms with Gasteiger partial charge in [0.25, 0.3) is 0 Å². The van der Waals surface area contributed by atoms with Crippen molar-refractivity contribution in [2.24, 2.45) is 0 Å². The van der Waals surface area contributed by atoms with Gasteiger partial charge in [-0.3, -0.25) is 4.98 Å². The number of nitrogens with zero attached hydrogens (tertiary/aromatic N) is 1. The summed E-state index contributed by atoms with van der Waals surface area (Å²) in [5.74, 6) is 0.900. The summed E-state index contributed by atoms with van der Waals surface area (Å²) in [4.78, 5) is 16.9. The van der Waals surface area contributed by atoms with Gasteiger partial charge < -0.3 is 19.5 Å². The number of nitrogens with one attached hydrogen (secondary N) is 1. The number of aryl methyl sites for hydroxylation is 1. The lowest BCUT2D eigenvalue weighted by Crippen LogP contribution is -2.09. The Labute approximate surface area is 158 Å². The number of benzene rings is 2. The summed E-state index contributed by atoms with van der Waals surface area (Å²) in [5.41, 5.74) is 3.49. The molecule has 0 fully saturated rings. The van der Waals surface area contributed by atoms with Gasteiger partial charge in [-0.05, 0) is 49.7 Å². The molecule has 6 heteroatoms. The topological polar surface area (TPSA) is 69.7 Å². The number of anilines is 2. The summed E-state index contributed by atoms with van der Waals surface area (Å²) in [6.07, 6.45) is 1.53. The zero-order chi connectivity index (χ0) is 19.4. The minimum absolute atomic E-state index is 0.280. The van der Waals surface area contributed by atoms with E-state index in [1.165, 1.54) is 6.20 Å². The fourth-order valence-corrected chi connectivity index (χ4v) is 2.85. The highest BCUT2D eigenvalue weighted by Crippen LogP contribution is 2.35. The molecule has 0 saturated carbocycles. The van der Waals surface area contributed by atoms with Crippen LogP contribution in [0.5, 0.6) is 11.5 Å². The number of hydrogen-bond donors (Lipinski definition) is 1. The molecular weight excluding hydrogens is 344 g/mol. The molecule has 6 nitrogen and oxygen atoms in total. The summed E-state index contributed by atoms with van der Waals surface area (Å²) in [7, 11) is 3.20. The predicted molar refractivity (Wildman–Crippen MR) is 105 cm³/mol. The van der Waals surface area contributed by atoms with Crippen molar-refractivity contribution in [1.29, 1.82) is 0 Å². The van der Waals surface area contributed by atoms with Crippen molar-refractivity contribution >= 4 is 28.2 Å². The summed E-state index contributed by atoms with van der Waals surface area (Å²) in [6, 6.07) is 11.3. The van der Waals surface area contributed by atoms with Gasteiger partial charge in [-0.15, -0.1) is 0 Å². The number of carbonyl (C=O) groups excluding carboxylic acids is 1. The third-order valence-corrected chi connectivity index (χ3v) is 4.19. The van der Waals surface area contributed by atoms with Crippen LogP contribution in [0.4, 0.5) is 11.4 Å². The molecule has 1 aromatic heterocycles. The molecule has 1 heterocycles. The normalized spacial score (nSPS) is 10.5. The van der Waals surface area contributed by atoms with E-state index in [1.54, 1.807) is 21.1 Å². The van der Waals surface area contributed by atoms with Gasteiger partial charge in [0, 0.05) is 11.6 Å². The van der Waals surface area contributed by atoms with Crippen LogP contribution in [0.2, 0.25) is 0 Å². The van der Waals surface area contributed by atoms with Crippen LogP contribution in [0.3, 0.4) is 0 Å². The molecule has 140 valence electrons. The monoisotopic (exact) mass is 366 g/mol. The number of methoxy groups -OCH3 is 2. The van der Waals surface area contributed by atoms with Crippen molar-refractivity contribution in [3.05, 3.63) is 53.7 Å². The zero-order valence-electron chi connectivity index (χ0n) is 15.8. The molecule has 27 heavy (non-hydrogen) atoms. The first kappa shape index (κ1) is 18.5. The number of hydrogen-bond acceptors (Lipinski definition) is 6. The van der Waals surface area contributed by atoms with Crippen LogP contribution in [0.15, 0.2) is 42.6 Å². The van der Waals surface area contributed by atoms with Crippen molar-refractivity contribution in [3.63, 3.8) is 0 Å². The maximum absolute atomic E-state index is 12.5. The van der Waals surface area contributed by atoms with Crippen molar-refractivity contribution in [2.45, 2.75) is 13.8 Å². The van der Waals surface area contributed by atoms with Crippen molar-refractivity contribution in [1.82, 2.24) is 4.98 Å². The molecule has 2 aromatic carbocycles. The minimum Gasteiger partial charge on any atom is -0.497 e. The highest BCUT2D eigenvalue weighted by Gasteiger charge is 2.18. The molecule has 0 aliphatic carbocycles. The Morgan fingerprint density at radius 3 is 2.63 bits per heavy atom. The SMILES string of the molecule is CCOC(=O)c1cnc2ccc(OC)cc2c1Nc1cc(C)ccc1OC. The van der Waals surface area contributed by atoms with Gasteiger partial charge in [-0.2, -0.15) is 0 Å². The number of esters is 1. The Kier molecular flexibility index (Phi) is 5.45. The quantitative estimate of drug-likeness (QED) is 0.649. The molecule has 0 amide bonds. The average molecular weight is 366 g/mol. The van der Waals surface area contributed by atoms with E-state index < -0.39 is 5.97 Å². The molecule has 0 aliphatic heterocycles. The molecule has 0 radical (unpaired) electrons. The number of ether oxygens (including phenoxy) is 3. The Hall–Kier alpha value is -3.28. The number of pyridine rings is 1. The molecule has 3 aromatic rings. The lowest BCUT2D eigenvalue weighted by atomic mass is 10.1. The molecule has 0 atom stereocenters. The first-order valence-corrected chi connectivity index (χ1v) is 8.63. The van der Waals surface area contributed by atoms with Crippen molar-refractivity contribution < 1.29 is 19.0 Å². The lowest BCUT2D eigenvalue weighted by molar-refractivity contribution is 0.0527. The van der Waals surface area contributed by atoms with Crippen molar-refractivity contribution in [2.75, 3.05) is 26.1 Å². The van der Waals surface area contributed by atoms with Crippen LogP contribution in [-0.4, -0.2) is 31.8 Å². The van der Waals surface area contributed by atoms with E-state index in [2.05, 4.69) is 10.3 Å². The van der Waals surface area contributed by atoms with Crippen molar-refractivity contribution in [3.8, 4) is 11.5 Å². The summed E-state index contributed by atoms with van der Waals surface area (Å²) >= 11 is 0. The van der Waals surface area contributed by atoms with Crippen LogP contribution < -0.4 is 14.8 Å². The summed E-state index contributed by atoms with van der Waals surface area (Å²) in [5, 5.41) is 4.10. The van der Waals surface area contributed by atoms with Gasteiger partial charge in [-0.25, -0.2) is 4.79 Å². The van der Waals surface area contributed by atoms with E-state index in [4.69, 9.17) is 14.2 Å². The van der Waals surface area contributed by atoms with Gasteiger partial charge >= 0.3 is 5.97 Å². The standard InChI is InChI=1S/C21H22N2O4/c1-5-27-21(24)16-12-22-17-8-7-14(25-3)11-15(17)20(16)23-18-10-13(2)6-9-19(18)26-4/h6-12H,5H2,1-4H3,(H,22,23). The van der Waals surface area contributed by atoms with Crippen LogP contribution in [-0.2, 0) is 4.74 Å². The summed E-state index contributed by atoms with van der Waals surface area (Å²) < 4.78 is 16.0. The molecule has 0 saturated heterocycles. The second-order valence-electron chi connectivity index (χ2n) is 5.98. The third kappa shape index (κ3) is 3.79. The Morgan fingerprint density at radius 1 is 1.11 bits per heavy atom. The zero-order valence-corrected chi connectivity index (χ0v) is 15.8. The van der Waals surface area contributed by atoms with Crippen LogP contribution in [0.1, 0.15) is 22.8 Å². The van der Waals surface area contributed by atoms with E-state index in [1.807, 2.05) is 43.3 Å². The fourth-order valence-electron chi connectivity index (χ4n) is 2.85. The molecule has 3 rings (SSSR count). The van der Waals surface area contributed by atoms with Gasteiger partial charge in [0.15, 0.2) is 0 Å². The molecule has 0 aliphatic rings. The second kappa shape index (κ2) is 7.95. The molecule has 1 N–H and O–H groups in total. The van der Waals surface area contributed by atoms with E-state index >= 15 is 0 Å². The van der Waals surface area contributed by atoms with Crippen LogP contribution in [0.25, 0.3) is 10.9 Å². The maximum atomic E-state index is 12.5. The molecule has 0 unspecified atom stereocenters. The maximum Gasteiger partial charge on any atom is 0.341 e. The average Bonchev–Trinajstić information content (AvgIpc) is 2.68. The van der Waals surface area contributed by atoms with Gasteiger partial charge in [0.05, 0.1) is 37.7 Å². The first-order valence-electron chi connectivity index (χ1n) is 8.63. The number of carbonyl (C=O) groups is 1. The van der Waals surface area contributed by atoms with E-state index in [-0.39, 0.29) is 6.61 Å². The molecule has 0 bridgehead atoms. The van der Waals surface area contributed by atoms with Gasteiger partial charge in [0.1, 0.15) is 17.1 Å². The van der Waals surface area contributed by atoms with E-state index in [9.17, 15) is 4.79 Å². The van der Waals surface area contributed by atoms with E-state index in [0.29, 0.717) is 22.7 Å². The molecule has 0 spiro atoms. The largest absolute Gasteiger partial charge is 0.497 e. The number of rotatable bonds is 6. The smallest absolute Gasteiger partial charge is 0.341 e. The Morgan fingerprint density at radius 2 is 1.93 bits per heavy atom. The van der Waals surface area contributed by atoms with E-state index in [0.717, 1.165) is 22.2 Å². The number of fused-ring (bicyclic) bond motifs is 1. The predicted octanol–water partition coefficient (Wildman–Crippen LogP) is 4.48. The second-order valence-corrected chi connectivity index (χ2v) is 5.98. The summed E-state index contributed by atoms with van der Waals surface area (Å²) in [6.45, 7) is 4.04. The van der Waals surface area contributed by atoms with Crippen LogP contribution in [0, 0.1) is 6.92 Å². The highest BCUT2D eigenvalue weighted by atomic mass is 16.5. The van der Waals surface area contributed by atoms with Gasteiger partial charge in [-0.1, -0.05) is 6.07 Å². The van der Waals surface area contributed by atoms with Crippen LogP contribution >= 0.6 is 0 Å². The lowest BCUT2D eigenvalue weighted by Gasteiger charge is -2.17. The Bertz CT molecular complexity index is 985.